The molecule has 4 nitrogen and oxygen atoms in total. The zero-order valence-corrected chi connectivity index (χ0v) is 9.80. The van der Waals surface area contributed by atoms with E-state index in [1.165, 1.54) is 0 Å². The summed E-state index contributed by atoms with van der Waals surface area (Å²) in [5.41, 5.74) is 1.08. The Morgan fingerprint density at radius 3 is 2.88 bits per heavy atom. The van der Waals surface area contributed by atoms with Crippen molar-refractivity contribution in [1.82, 2.24) is 10.2 Å². The highest BCUT2D eigenvalue weighted by Gasteiger charge is 2.27. The number of likely N-dealkylation sites (tertiary alicyclic amines) is 1. The zero-order chi connectivity index (χ0) is 12.1. The van der Waals surface area contributed by atoms with Gasteiger partial charge in [0.2, 0.25) is 0 Å². The molecule has 1 atom stereocenters. The van der Waals surface area contributed by atoms with Crippen molar-refractivity contribution < 1.29 is 9.90 Å². The third kappa shape index (κ3) is 2.97. The lowest BCUT2D eigenvalue weighted by Crippen LogP contribution is -2.43. The molecule has 1 heterocycles. The smallest absolute Gasteiger partial charge is 0.317 e. The number of amides is 2. The summed E-state index contributed by atoms with van der Waals surface area (Å²) in [6.07, 6.45) is 1.87. The number of nitrogens with one attached hydrogen (secondary N) is 1. The predicted molar refractivity (Wildman–Crippen MR) is 65.5 cm³/mol. The lowest BCUT2D eigenvalue weighted by Gasteiger charge is -2.23. The standard InChI is InChI=1S/C13H18N2O2/c16-10-12-7-4-8-15(12)13(17)14-9-11-5-2-1-3-6-11/h1-3,5-6,12,16H,4,7-10H2,(H,14,17)/t12-/m0/s1. The van der Waals surface area contributed by atoms with Gasteiger partial charge in [-0.1, -0.05) is 30.3 Å². The first kappa shape index (κ1) is 11.9. The molecule has 1 saturated heterocycles. The minimum atomic E-state index is -0.0783. The maximum absolute atomic E-state index is 11.9. The van der Waals surface area contributed by atoms with Crippen LogP contribution in [0.1, 0.15) is 18.4 Å². The molecule has 1 aromatic carbocycles. The van der Waals surface area contributed by atoms with Crippen LogP contribution in [0.15, 0.2) is 30.3 Å². The van der Waals surface area contributed by atoms with Gasteiger partial charge >= 0.3 is 6.03 Å². The second-order valence-corrected chi connectivity index (χ2v) is 4.32. The van der Waals surface area contributed by atoms with Crippen LogP contribution in [0, 0.1) is 0 Å². The van der Waals surface area contributed by atoms with E-state index in [0.717, 1.165) is 24.9 Å². The number of aliphatic hydroxyl groups is 1. The Bertz CT molecular complexity index is 367. The Morgan fingerprint density at radius 2 is 2.18 bits per heavy atom. The number of hydrogen-bond acceptors (Lipinski definition) is 2. The Kier molecular flexibility index (Phi) is 3.98. The second-order valence-electron chi connectivity index (χ2n) is 4.32. The van der Waals surface area contributed by atoms with Gasteiger partial charge in [0.15, 0.2) is 0 Å². The monoisotopic (exact) mass is 234 g/mol. The topological polar surface area (TPSA) is 52.6 Å². The number of rotatable bonds is 3. The Balaban J connectivity index is 1.85. The summed E-state index contributed by atoms with van der Waals surface area (Å²) < 4.78 is 0. The van der Waals surface area contributed by atoms with E-state index in [-0.39, 0.29) is 18.7 Å². The van der Waals surface area contributed by atoms with Crippen molar-refractivity contribution in [2.45, 2.75) is 25.4 Å². The van der Waals surface area contributed by atoms with Crippen molar-refractivity contribution in [2.24, 2.45) is 0 Å². The molecule has 0 unspecified atom stereocenters. The molecule has 0 aliphatic carbocycles. The Morgan fingerprint density at radius 1 is 1.41 bits per heavy atom. The van der Waals surface area contributed by atoms with Gasteiger partial charge in [0.1, 0.15) is 0 Å². The predicted octanol–water partition coefficient (Wildman–Crippen LogP) is 1.35. The minimum absolute atomic E-state index is 0.00854. The highest BCUT2D eigenvalue weighted by Crippen LogP contribution is 2.16. The molecule has 1 aliphatic rings. The van der Waals surface area contributed by atoms with Crippen LogP contribution in [0.25, 0.3) is 0 Å². The van der Waals surface area contributed by atoms with Crippen LogP contribution in [0.5, 0.6) is 0 Å². The molecular weight excluding hydrogens is 216 g/mol. The van der Waals surface area contributed by atoms with Crippen LogP contribution in [-0.2, 0) is 6.54 Å². The fourth-order valence-corrected chi connectivity index (χ4v) is 2.17. The molecule has 0 spiro atoms. The molecule has 4 heteroatoms. The lowest BCUT2D eigenvalue weighted by molar-refractivity contribution is 0.157. The number of carbonyl (C=O) groups is 1. The van der Waals surface area contributed by atoms with Crippen molar-refractivity contribution in [3.63, 3.8) is 0 Å². The van der Waals surface area contributed by atoms with Crippen molar-refractivity contribution in [1.29, 1.82) is 0 Å². The zero-order valence-electron chi connectivity index (χ0n) is 9.80. The van der Waals surface area contributed by atoms with Gasteiger partial charge in [0.25, 0.3) is 0 Å². The van der Waals surface area contributed by atoms with E-state index in [2.05, 4.69) is 5.32 Å². The fraction of sp³-hybridized carbons (Fsp3) is 0.462. The highest BCUT2D eigenvalue weighted by atomic mass is 16.3. The molecule has 1 aliphatic heterocycles. The Hall–Kier alpha value is -1.55. The SMILES string of the molecule is O=C(NCc1ccccc1)N1CCC[C@H]1CO. The molecule has 2 amide bonds. The van der Waals surface area contributed by atoms with Gasteiger partial charge in [0, 0.05) is 13.1 Å². The number of carbonyl (C=O) groups excluding carboxylic acids is 1. The first-order chi connectivity index (χ1) is 8.31. The molecule has 1 fully saturated rings. The van der Waals surface area contributed by atoms with E-state index < -0.39 is 0 Å². The molecule has 92 valence electrons. The van der Waals surface area contributed by atoms with Crippen LogP contribution in [-0.4, -0.2) is 35.2 Å². The van der Waals surface area contributed by atoms with E-state index in [4.69, 9.17) is 5.11 Å². The van der Waals surface area contributed by atoms with E-state index in [0.29, 0.717) is 6.54 Å². The first-order valence-corrected chi connectivity index (χ1v) is 6.00. The summed E-state index contributed by atoms with van der Waals surface area (Å²) in [5, 5.41) is 12.0. The third-order valence-corrected chi connectivity index (χ3v) is 3.14. The molecule has 1 aromatic rings. The molecule has 0 radical (unpaired) electrons. The number of aliphatic hydroxyl groups excluding tert-OH is 1. The average Bonchev–Trinajstić information content (AvgIpc) is 2.85. The van der Waals surface area contributed by atoms with Crippen molar-refractivity contribution >= 4 is 6.03 Å². The summed E-state index contributed by atoms with van der Waals surface area (Å²) in [5.74, 6) is 0. The number of nitrogens with zero attached hydrogens (tertiary/aromatic N) is 1. The van der Waals surface area contributed by atoms with E-state index >= 15 is 0 Å². The largest absolute Gasteiger partial charge is 0.394 e. The van der Waals surface area contributed by atoms with Gasteiger partial charge in [-0.15, -0.1) is 0 Å². The summed E-state index contributed by atoms with van der Waals surface area (Å²) in [7, 11) is 0. The molecule has 0 saturated carbocycles. The molecule has 0 bridgehead atoms. The third-order valence-electron chi connectivity index (χ3n) is 3.14. The van der Waals surface area contributed by atoms with Crippen LogP contribution in [0.4, 0.5) is 4.79 Å². The minimum Gasteiger partial charge on any atom is -0.394 e. The molecule has 0 aromatic heterocycles. The summed E-state index contributed by atoms with van der Waals surface area (Å²) in [4.78, 5) is 13.6. The van der Waals surface area contributed by atoms with Gasteiger partial charge in [-0.05, 0) is 18.4 Å². The summed E-state index contributed by atoms with van der Waals surface area (Å²) >= 11 is 0. The maximum atomic E-state index is 11.9. The Labute approximate surface area is 101 Å². The van der Waals surface area contributed by atoms with Crippen LogP contribution >= 0.6 is 0 Å². The molecule has 2 rings (SSSR count). The molecular formula is C13H18N2O2. The lowest BCUT2D eigenvalue weighted by atomic mass is 10.2. The van der Waals surface area contributed by atoms with Crippen molar-refractivity contribution in [3.8, 4) is 0 Å². The summed E-state index contributed by atoms with van der Waals surface area (Å²) in [6, 6.07) is 9.73. The summed E-state index contributed by atoms with van der Waals surface area (Å²) in [6.45, 7) is 1.33. The van der Waals surface area contributed by atoms with Crippen LogP contribution in [0.2, 0.25) is 0 Å². The van der Waals surface area contributed by atoms with E-state index in [9.17, 15) is 4.79 Å². The van der Waals surface area contributed by atoms with Gasteiger partial charge in [0.05, 0.1) is 12.6 Å². The maximum Gasteiger partial charge on any atom is 0.317 e. The van der Waals surface area contributed by atoms with Crippen LogP contribution in [0.3, 0.4) is 0 Å². The fourth-order valence-electron chi connectivity index (χ4n) is 2.17. The quantitative estimate of drug-likeness (QED) is 0.829. The molecule has 17 heavy (non-hydrogen) atoms. The van der Waals surface area contributed by atoms with Crippen molar-refractivity contribution in [2.75, 3.05) is 13.2 Å². The highest BCUT2D eigenvalue weighted by molar-refractivity contribution is 5.74. The van der Waals surface area contributed by atoms with E-state index in [1.54, 1.807) is 4.90 Å². The number of hydrogen-bond donors (Lipinski definition) is 2. The number of urea groups is 1. The molecule has 2 N–H and O–H groups in total. The van der Waals surface area contributed by atoms with Crippen molar-refractivity contribution in [3.05, 3.63) is 35.9 Å². The van der Waals surface area contributed by atoms with Crippen LogP contribution < -0.4 is 5.32 Å². The normalized spacial score (nSPS) is 19.4. The van der Waals surface area contributed by atoms with Gasteiger partial charge in [-0.3, -0.25) is 0 Å². The number of benzene rings is 1. The van der Waals surface area contributed by atoms with Gasteiger partial charge in [-0.25, -0.2) is 4.79 Å². The van der Waals surface area contributed by atoms with E-state index in [1.807, 2.05) is 30.3 Å². The van der Waals surface area contributed by atoms with Gasteiger partial charge in [-0.2, -0.15) is 0 Å². The van der Waals surface area contributed by atoms with Gasteiger partial charge < -0.3 is 15.3 Å². The average molecular weight is 234 g/mol. The second kappa shape index (κ2) is 5.68. The first-order valence-electron chi connectivity index (χ1n) is 6.00.